The molecule has 8 heteroatoms. The molecule has 34 heavy (non-hydrogen) atoms. The van der Waals surface area contributed by atoms with E-state index in [9.17, 15) is 9.18 Å². The maximum absolute atomic E-state index is 13.2. The third-order valence-electron chi connectivity index (χ3n) is 4.94. The summed E-state index contributed by atoms with van der Waals surface area (Å²) in [5, 5.41) is 0. The van der Waals surface area contributed by atoms with Gasteiger partial charge >= 0.3 is 0 Å². The fraction of sp³-hybridized carbons (Fsp3) is 0.154. The molecule has 5 nitrogen and oxygen atoms in total. The van der Waals surface area contributed by atoms with Crippen LogP contribution in [0.2, 0.25) is 0 Å². The zero-order chi connectivity index (χ0) is 23.9. The first kappa shape index (κ1) is 23.8. The van der Waals surface area contributed by atoms with Gasteiger partial charge in [0.25, 0.3) is 5.91 Å². The van der Waals surface area contributed by atoms with E-state index in [-0.39, 0.29) is 11.7 Å². The second-order valence-corrected chi connectivity index (χ2v) is 8.94. The summed E-state index contributed by atoms with van der Waals surface area (Å²) < 4.78 is 30.4. The molecule has 1 saturated heterocycles. The summed E-state index contributed by atoms with van der Waals surface area (Å²) >= 11 is 6.58. The van der Waals surface area contributed by atoms with Gasteiger partial charge in [0, 0.05) is 6.42 Å². The Bertz CT molecular complexity index is 1200. The molecule has 4 rings (SSSR count). The van der Waals surface area contributed by atoms with E-state index < -0.39 is 0 Å². The number of ether oxygens (including phenoxy) is 3. The van der Waals surface area contributed by atoms with Crippen LogP contribution in [0, 0.1) is 5.82 Å². The monoisotopic (exact) mass is 495 g/mol. The molecule has 1 fully saturated rings. The van der Waals surface area contributed by atoms with Crippen LogP contribution in [-0.4, -0.2) is 30.6 Å². The second kappa shape index (κ2) is 11.2. The van der Waals surface area contributed by atoms with E-state index in [1.807, 2.05) is 48.5 Å². The lowest BCUT2D eigenvalue weighted by Crippen LogP contribution is -2.27. The van der Waals surface area contributed by atoms with E-state index in [1.165, 1.54) is 40.9 Å². The number of thiocarbonyl (C=S) groups is 1. The van der Waals surface area contributed by atoms with Crippen LogP contribution in [0.25, 0.3) is 6.08 Å². The Morgan fingerprint density at radius 1 is 0.941 bits per heavy atom. The van der Waals surface area contributed by atoms with Crippen molar-refractivity contribution in [1.82, 2.24) is 0 Å². The molecular formula is C26H22FNO4S2. The molecule has 0 N–H and O–H groups in total. The molecule has 0 unspecified atom stereocenters. The van der Waals surface area contributed by atoms with E-state index >= 15 is 0 Å². The van der Waals surface area contributed by atoms with Crippen molar-refractivity contribution in [1.29, 1.82) is 0 Å². The van der Waals surface area contributed by atoms with Crippen LogP contribution in [-0.2, 0) is 4.79 Å². The highest BCUT2D eigenvalue weighted by Crippen LogP contribution is 2.36. The number of benzene rings is 3. The second-order valence-electron chi connectivity index (χ2n) is 7.26. The topological polar surface area (TPSA) is 48.0 Å². The highest BCUT2D eigenvalue weighted by Gasteiger charge is 2.33. The predicted octanol–water partition coefficient (Wildman–Crippen LogP) is 6.09. The van der Waals surface area contributed by atoms with Crippen molar-refractivity contribution in [2.24, 2.45) is 0 Å². The third-order valence-corrected chi connectivity index (χ3v) is 6.24. The first-order valence-electron chi connectivity index (χ1n) is 10.6. The molecule has 1 heterocycles. The smallest absolute Gasteiger partial charge is 0.270 e. The number of methoxy groups -OCH3 is 1. The number of hydrogen-bond acceptors (Lipinski definition) is 6. The molecule has 0 aliphatic carbocycles. The van der Waals surface area contributed by atoms with E-state index in [0.717, 1.165) is 11.3 Å². The lowest BCUT2D eigenvalue weighted by molar-refractivity contribution is -0.113. The van der Waals surface area contributed by atoms with Gasteiger partial charge in [0.15, 0.2) is 15.8 Å². The van der Waals surface area contributed by atoms with Gasteiger partial charge in [0.2, 0.25) is 0 Å². The molecule has 0 radical (unpaired) electrons. The molecule has 3 aromatic rings. The number of hydrogen-bond donors (Lipinski definition) is 0. The lowest BCUT2D eigenvalue weighted by Gasteiger charge is -2.14. The van der Waals surface area contributed by atoms with Crippen molar-refractivity contribution < 1.29 is 23.4 Å². The Labute approximate surface area is 207 Å². The van der Waals surface area contributed by atoms with E-state index in [0.29, 0.717) is 46.0 Å². The summed E-state index contributed by atoms with van der Waals surface area (Å²) in [5.41, 5.74) is 1.40. The molecule has 0 spiro atoms. The zero-order valence-corrected chi connectivity index (χ0v) is 20.0. The molecule has 3 aromatic carbocycles. The Kier molecular flexibility index (Phi) is 7.82. The van der Waals surface area contributed by atoms with Crippen molar-refractivity contribution in [2.75, 3.05) is 25.2 Å². The highest BCUT2D eigenvalue weighted by molar-refractivity contribution is 8.27. The maximum atomic E-state index is 13.2. The maximum Gasteiger partial charge on any atom is 0.270 e. The Morgan fingerprint density at radius 3 is 2.32 bits per heavy atom. The normalized spacial score (nSPS) is 14.5. The molecule has 174 valence electrons. The van der Waals surface area contributed by atoms with Crippen LogP contribution < -0.4 is 19.1 Å². The number of para-hydroxylation sites is 2. The average molecular weight is 496 g/mol. The first-order valence-corrected chi connectivity index (χ1v) is 11.8. The summed E-state index contributed by atoms with van der Waals surface area (Å²) in [6.07, 6.45) is 2.50. The van der Waals surface area contributed by atoms with Crippen LogP contribution in [0.3, 0.4) is 0 Å². The molecule has 0 saturated carbocycles. The van der Waals surface area contributed by atoms with Crippen LogP contribution in [0.1, 0.15) is 12.0 Å². The molecule has 1 aliphatic rings. The Balaban J connectivity index is 1.29. The van der Waals surface area contributed by atoms with Crippen molar-refractivity contribution in [2.45, 2.75) is 6.42 Å². The Morgan fingerprint density at radius 2 is 1.62 bits per heavy atom. The van der Waals surface area contributed by atoms with Crippen LogP contribution >= 0.6 is 24.0 Å². The molecule has 0 atom stereocenters. The SMILES string of the molecule is COc1ccccc1OCCCOc1ccc(C=C2SC(=S)N(c3ccc(F)cc3)C2=O)cc1. The number of halogens is 1. The summed E-state index contributed by atoms with van der Waals surface area (Å²) in [4.78, 5) is 14.8. The van der Waals surface area contributed by atoms with Gasteiger partial charge in [-0.25, -0.2) is 4.39 Å². The van der Waals surface area contributed by atoms with Gasteiger partial charge in [-0.05, 0) is 60.2 Å². The fourth-order valence-corrected chi connectivity index (χ4v) is 4.56. The van der Waals surface area contributed by atoms with Crippen LogP contribution in [0.15, 0.2) is 77.7 Å². The highest BCUT2D eigenvalue weighted by atomic mass is 32.2. The number of anilines is 1. The van der Waals surface area contributed by atoms with Gasteiger partial charge in [-0.1, -0.05) is 48.2 Å². The van der Waals surface area contributed by atoms with Crippen molar-refractivity contribution in [3.05, 3.63) is 89.1 Å². The van der Waals surface area contributed by atoms with Gasteiger partial charge in [-0.3, -0.25) is 9.69 Å². The molecular weight excluding hydrogens is 473 g/mol. The number of carbonyl (C=O) groups is 1. The first-order chi connectivity index (χ1) is 16.5. The summed E-state index contributed by atoms with van der Waals surface area (Å²) in [7, 11) is 1.61. The van der Waals surface area contributed by atoms with E-state index in [4.69, 9.17) is 26.4 Å². The lowest BCUT2D eigenvalue weighted by atomic mass is 10.2. The minimum Gasteiger partial charge on any atom is -0.493 e. The van der Waals surface area contributed by atoms with Crippen LogP contribution in [0.4, 0.5) is 10.1 Å². The molecule has 1 aliphatic heterocycles. The zero-order valence-electron chi connectivity index (χ0n) is 18.4. The largest absolute Gasteiger partial charge is 0.493 e. The number of amides is 1. The van der Waals surface area contributed by atoms with Gasteiger partial charge in [-0.15, -0.1) is 0 Å². The Hall–Kier alpha value is -3.36. The standard InChI is InChI=1S/C26H22FNO4S2/c1-30-22-5-2-3-6-23(22)32-16-4-15-31-21-13-7-18(8-14-21)17-24-25(29)28(26(33)34-24)20-11-9-19(27)10-12-20/h2-3,5-14,17H,4,15-16H2,1H3. The van der Waals surface area contributed by atoms with Gasteiger partial charge in [0.1, 0.15) is 11.6 Å². The van der Waals surface area contributed by atoms with E-state index in [2.05, 4.69) is 0 Å². The average Bonchev–Trinajstić information content (AvgIpc) is 3.13. The third kappa shape index (κ3) is 5.76. The minimum absolute atomic E-state index is 0.225. The van der Waals surface area contributed by atoms with Crippen molar-refractivity contribution >= 4 is 46.0 Å². The number of rotatable bonds is 9. The summed E-state index contributed by atoms with van der Waals surface area (Å²) in [5.74, 6) is 1.55. The molecule has 0 aromatic heterocycles. The van der Waals surface area contributed by atoms with Crippen molar-refractivity contribution in [3.8, 4) is 17.2 Å². The van der Waals surface area contributed by atoms with Gasteiger partial charge < -0.3 is 14.2 Å². The summed E-state index contributed by atoms with van der Waals surface area (Å²) in [6.45, 7) is 1.01. The molecule has 1 amide bonds. The van der Waals surface area contributed by atoms with Crippen molar-refractivity contribution in [3.63, 3.8) is 0 Å². The minimum atomic E-state index is -0.365. The molecule has 0 bridgehead atoms. The summed E-state index contributed by atoms with van der Waals surface area (Å²) in [6, 6.07) is 20.7. The number of carbonyl (C=O) groups excluding carboxylic acids is 1. The van der Waals surface area contributed by atoms with Gasteiger partial charge in [-0.2, -0.15) is 0 Å². The van der Waals surface area contributed by atoms with Crippen LogP contribution in [0.5, 0.6) is 17.2 Å². The predicted molar refractivity (Wildman–Crippen MR) is 137 cm³/mol. The van der Waals surface area contributed by atoms with E-state index in [1.54, 1.807) is 13.2 Å². The number of nitrogens with zero attached hydrogens (tertiary/aromatic N) is 1. The van der Waals surface area contributed by atoms with Gasteiger partial charge in [0.05, 0.1) is 30.9 Å². The fourth-order valence-electron chi connectivity index (χ4n) is 3.26. The quantitative estimate of drug-likeness (QED) is 0.203. The number of thioether (sulfide) groups is 1.